The summed E-state index contributed by atoms with van der Waals surface area (Å²) in [6.07, 6.45) is 9.95. The number of likely N-dealkylation sites (tertiary alicyclic amines) is 1. The van der Waals surface area contributed by atoms with Crippen LogP contribution in [0.3, 0.4) is 0 Å². The van der Waals surface area contributed by atoms with Gasteiger partial charge in [0.2, 0.25) is 0 Å². The van der Waals surface area contributed by atoms with Crippen molar-refractivity contribution < 1.29 is 4.74 Å². The third-order valence-corrected chi connectivity index (χ3v) is 5.74. The van der Waals surface area contributed by atoms with Gasteiger partial charge in [0, 0.05) is 25.1 Å². The molecule has 3 aliphatic rings. The molecule has 2 heterocycles. The smallest absolute Gasteiger partial charge is 0.0510 e. The first-order valence-corrected chi connectivity index (χ1v) is 7.85. The maximum absolute atomic E-state index is 6.03. The largest absolute Gasteiger partial charge is 0.381 e. The predicted molar refractivity (Wildman–Crippen MR) is 73.5 cm³/mol. The Morgan fingerprint density at radius 1 is 1.17 bits per heavy atom. The van der Waals surface area contributed by atoms with E-state index in [-0.39, 0.29) is 0 Å². The zero-order valence-electron chi connectivity index (χ0n) is 11.6. The van der Waals surface area contributed by atoms with Crippen LogP contribution >= 0.6 is 0 Å². The van der Waals surface area contributed by atoms with Crippen LogP contribution in [0.2, 0.25) is 0 Å². The highest BCUT2D eigenvalue weighted by Gasteiger charge is 2.39. The summed E-state index contributed by atoms with van der Waals surface area (Å²) in [5.74, 6) is 0.688. The van der Waals surface area contributed by atoms with Crippen LogP contribution in [0, 0.1) is 11.3 Å². The SMILES string of the molecule is NCC(C1CCOC1)N1CCC2(CCCC2)CC1. The fraction of sp³-hybridized carbons (Fsp3) is 1.00. The summed E-state index contributed by atoms with van der Waals surface area (Å²) in [7, 11) is 0. The molecule has 0 radical (unpaired) electrons. The lowest BCUT2D eigenvalue weighted by Gasteiger charge is -2.44. The molecule has 3 heteroatoms. The molecule has 2 aliphatic heterocycles. The summed E-state index contributed by atoms with van der Waals surface area (Å²) < 4.78 is 5.54. The molecule has 0 bridgehead atoms. The Kier molecular flexibility index (Phi) is 3.92. The van der Waals surface area contributed by atoms with E-state index in [9.17, 15) is 0 Å². The maximum atomic E-state index is 6.03. The lowest BCUT2D eigenvalue weighted by molar-refractivity contribution is 0.0517. The maximum Gasteiger partial charge on any atom is 0.0510 e. The molecule has 1 spiro atoms. The van der Waals surface area contributed by atoms with Crippen molar-refractivity contribution in [3.63, 3.8) is 0 Å². The molecular formula is C15H28N2O. The number of nitrogens with zero attached hydrogens (tertiary/aromatic N) is 1. The third kappa shape index (κ3) is 2.45. The molecule has 0 aromatic heterocycles. The highest BCUT2D eigenvalue weighted by atomic mass is 16.5. The predicted octanol–water partition coefficient (Wildman–Crippen LogP) is 2.01. The molecule has 2 N–H and O–H groups in total. The van der Waals surface area contributed by atoms with Crippen molar-refractivity contribution in [1.82, 2.24) is 4.90 Å². The fourth-order valence-electron chi connectivity index (χ4n) is 4.45. The first kappa shape index (κ1) is 12.9. The Morgan fingerprint density at radius 2 is 1.89 bits per heavy atom. The molecule has 104 valence electrons. The van der Waals surface area contributed by atoms with Crippen molar-refractivity contribution >= 4 is 0 Å². The van der Waals surface area contributed by atoms with Gasteiger partial charge in [-0.1, -0.05) is 12.8 Å². The molecule has 3 nitrogen and oxygen atoms in total. The molecule has 2 unspecified atom stereocenters. The summed E-state index contributed by atoms with van der Waals surface area (Å²) in [5, 5.41) is 0. The second-order valence-corrected chi connectivity index (χ2v) is 6.67. The summed E-state index contributed by atoms with van der Waals surface area (Å²) in [4.78, 5) is 2.67. The van der Waals surface area contributed by atoms with Gasteiger partial charge in [-0.05, 0) is 50.6 Å². The minimum Gasteiger partial charge on any atom is -0.381 e. The van der Waals surface area contributed by atoms with Gasteiger partial charge >= 0.3 is 0 Å². The van der Waals surface area contributed by atoms with Crippen LogP contribution in [-0.2, 0) is 4.74 Å². The number of hydrogen-bond donors (Lipinski definition) is 1. The number of ether oxygens (including phenoxy) is 1. The van der Waals surface area contributed by atoms with Crippen molar-refractivity contribution in [2.24, 2.45) is 17.1 Å². The average Bonchev–Trinajstić information content (AvgIpc) is 3.05. The van der Waals surface area contributed by atoms with E-state index in [0.717, 1.165) is 25.2 Å². The topological polar surface area (TPSA) is 38.5 Å². The molecule has 1 aliphatic carbocycles. The molecule has 0 aromatic rings. The number of rotatable bonds is 3. The molecule has 0 aromatic carbocycles. The highest BCUT2D eigenvalue weighted by Crippen LogP contribution is 2.46. The van der Waals surface area contributed by atoms with Crippen molar-refractivity contribution in [1.29, 1.82) is 0 Å². The quantitative estimate of drug-likeness (QED) is 0.835. The zero-order valence-corrected chi connectivity index (χ0v) is 11.6. The van der Waals surface area contributed by atoms with E-state index >= 15 is 0 Å². The molecule has 1 saturated carbocycles. The van der Waals surface area contributed by atoms with Gasteiger partial charge in [-0.2, -0.15) is 0 Å². The molecule has 0 amide bonds. The van der Waals surface area contributed by atoms with Gasteiger partial charge in [0.25, 0.3) is 0 Å². The van der Waals surface area contributed by atoms with Crippen LogP contribution in [0.4, 0.5) is 0 Å². The summed E-state index contributed by atoms with van der Waals surface area (Å²) in [5.41, 5.74) is 6.76. The standard InChI is InChI=1S/C15H28N2O/c16-11-14(13-3-10-18-12-13)17-8-6-15(7-9-17)4-1-2-5-15/h13-14H,1-12,16H2. The summed E-state index contributed by atoms with van der Waals surface area (Å²) in [6, 6.07) is 0.575. The van der Waals surface area contributed by atoms with Crippen molar-refractivity contribution in [2.45, 2.75) is 51.0 Å². The van der Waals surface area contributed by atoms with Crippen LogP contribution in [0.25, 0.3) is 0 Å². The van der Waals surface area contributed by atoms with Gasteiger partial charge < -0.3 is 10.5 Å². The van der Waals surface area contributed by atoms with Crippen LogP contribution in [-0.4, -0.2) is 43.8 Å². The van der Waals surface area contributed by atoms with Crippen LogP contribution < -0.4 is 5.73 Å². The van der Waals surface area contributed by atoms with Gasteiger partial charge in [-0.15, -0.1) is 0 Å². The lowest BCUT2D eigenvalue weighted by Crippen LogP contribution is -2.50. The van der Waals surface area contributed by atoms with Gasteiger partial charge in [0.15, 0.2) is 0 Å². The van der Waals surface area contributed by atoms with E-state index in [1.54, 1.807) is 0 Å². The van der Waals surface area contributed by atoms with E-state index in [4.69, 9.17) is 10.5 Å². The molecule has 18 heavy (non-hydrogen) atoms. The van der Waals surface area contributed by atoms with Crippen molar-refractivity contribution in [2.75, 3.05) is 32.8 Å². The first-order chi connectivity index (χ1) is 8.83. The summed E-state index contributed by atoms with van der Waals surface area (Å²) in [6.45, 7) is 5.24. The van der Waals surface area contributed by atoms with Gasteiger partial charge in [-0.3, -0.25) is 4.90 Å². The number of nitrogens with two attached hydrogens (primary N) is 1. The number of hydrogen-bond acceptors (Lipinski definition) is 3. The highest BCUT2D eigenvalue weighted by molar-refractivity contribution is 4.93. The van der Waals surface area contributed by atoms with Crippen LogP contribution in [0.1, 0.15) is 44.9 Å². The van der Waals surface area contributed by atoms with Gasteiger partial charge in [0.1, 0.15) is 0 Å². The monoisotopic (exact) mass is 252 g/mol. The minimum absolute atomic E-state index is 0.575. The molecular weight excluding hydrogens is 224 g/mol. The molecule has 2 saturated heterocycles. The Bertz CT molecular complexity index is 260. The second kappa shape index (κ2) is 5.48. The first-order valence-electron chi connectivity index (χ1n) is 7.85. The minimum atomic E-state index is 0.575. The zero-order chi connectivity index (χ0) is 12.4. The average molecular weight is 252 g/mol. The van der Waals surface area contributed by atoms with Gasteiger partial charge in [-0.25, -0.2) is 0 Å². The number of piperidine rings is 1. The second-order valence-electron chi connectivity index (χ2n) is 6.67. The van der Waals surface area contributed by atoms with Gasteiger partial charge in [0.05, 0.1) is 6.61 Å². The van der Waals surface area contributed by atoms with Crippen LogP contribution in [0.15, 0.2) is 0 Å². The molecule has 2 atom stereocenters. The Balaban J connectivity index is 1.57. The molecule has 3 rings (SSSR count). The Hall–Kier alpha value is -0.120. The molecule has 3 fully saturated rings. The van der Waals surface area contributed by atoms with E-state index in [0.29, 0.717) is 12.0 Å². The van der Waals surface area contributed by atoms with Crippen molar-refractivity contribution in [3.8, 4) is 0 Å². The van der Waals surface area contributed by atoms with E-state index in [2.05, 4.69) is 4.90 Å². The Labute approximate surface area is 111 Å². The fourth-order valence-corrected chi connectivity index (χ4v) is 4.45. The third-order valence-electron chi connectivity index (χ3n) is 5.74. The lowest BCUT2D eigenvalue weighted by atomic mass is 9.76. The summed E-state index contributed by atoms with van der Waals surface area (Å²) >= 11 is 0. The Morgan fingerprint density at radius 3 is 2.44 bits per heavy atom. The van der Waals surface area contributed by atoms with E-state index in [1.165, 1.54) is 58.0 Å². The van der Waals surface area contributed by atoms with Crippen LogP contribution in [0.5, 0.6) is 0 Å². The van der Waals surface area contributed by atoms with Crippen molar-refractivity contribution in [3.05, 3.63) is 0 Å². The van der Waals surface area contributed by atoms with E-state index in [1.807, 2.05) is 0 Å². The normalized spacial score (nSPS) is 34.2. The van der Waals surface area contributed by atoms with E-state index < -0.39 is 0 Å².